The van der Waals surface area contributed by atoms with Crippen molar-refractivity contribution in [3.05, 3.63) is 47.4 Å². The Kier molecular flexibility index (Phi) is 9.25. The van der Waals surface area contributed by atoms with Crippen molar-refractivity contribution in [1.29, 1.82) is 0 Å². The lowest BCUT2D eigenvalue weighted by Gasteiger charge is -2.38. The quantitative estimate of drug-likeness (QED) is 0.247. The van der Waals surface area contributed by atoms with Crippen molar-refractivity contribution in [2.24, 2.45) is 11.8 Å². The second kappa shape index (κ2) is 13.1. The van der Waals surface area contributed by atoms with E-state index < -0.39 is 12.1 Å². The van der Waals surface area contributed by atoms with Gasteiger partial charge in [0.2, 0.25) is 5.91 Å². The first-order chi connectivity index (χ1) is 23.7. The number of hydrogen-bond acceptors (Lipinski definition) is 7. The number of likely N-dealkylation sites (tertiary alicyclic amines) is 1. The van der Waals surface area contributed by atoms with Crippen molar-refractivity contribution >= 4 is 35.9 Å². The fourth-order valence-corrected chi connectivity index (χ4v) is 9.69. The van der Waals surface area contributed by atoms with Gasteiger partial charge in [-0.25, -0.2) is 9.78 Å². The summed E-state index contributed by atoms with van der Waals surface area (Å²) in [6.07, 6.45) is 10.2. The van der Waals surface area contributed by atoms with Crippen molar-refractivity contribution in [3.63, 3.8) is 0 Å². The minimum atomic E-state index is -0.661. The molecule has 11 heteroatoms. The zero-order valence-electron chi connectivity index (χ0n) is 31.0. The standard InChI is InChI=1S/C39H53BN4O5S/c1-23(2)33(43-36(46)47-8)35(45)44-21-9-10-29(44)34-41-22-28(42-34)31-14-13-30(50-31)26-11-12-27(40-48-37(4,5)38(6,7)49-40)25-17-20-39(32(25)26)18-15-24(3)16-19-39/h11-14,22-24,29,33H,9-10,15-21H2,1-8H3,(H,41,42)(H,43,46)/t24?,29-,33-,39?/m0/s1. The lowest BCUT2D eigenvalue weighted by molar-refractivity contribution is -0.135. The van der Waals surface area contributed by atoms with Crippen LogP contribution in [0.15, 0.2) is 30.5 Å². The number of imidazole rings is 1. The third-order valence-corrected chi connectivity index (χ3v) is 13.6. The Bertz CT molecular complexity index is 1740. The van der Waals surface area contributed by atoms with Crippen LogP contribution in [0.5, 0.6) is 0 Å². The van der Waals surface area contributed by atoms with Crippen LogP contribution in [0, 0.1) is 11.8 Å². The number of methoxy groups -OCH3 is 1. The van der Waals surface area contributed by atoms with Crippen LogP contribution in [0.3, 0.4) is 0 Å². The molecule has 0 unspecified atom stereocenters. The molecular weight excluding hydrogens is 647 g/mol. The smallest absolute Gasteiger partial charge is 0.453 e. The number of H-pyrrole nitrogens is 1. The number of carbonyl (C=O) groups excluding carboxylic acids is 2. The molecule has 2 atom stereocenters. The SMILES string of the molecule is COC(=O)N[C@H](C(=O)N1CCC[C@H]1c1ncc(-c2ccc(-c3ccc(B4OC(C)(C)C(C)(C)O4)c4c3C3(CC4)CCC(C)CC3)s2)[nH]1)C(C)C. The normalized spacial score (nSPS) is 26.1. The van der Waals surface area contributed by atoms with Gasteiger partial charge in [0, 0.05) is 11.4 Å². The Labute approximate surface area is 301 Å². The van der Waals surface area contributed by atoms with Crippen molar-refractivity contribution in [2.45, 2.75) is 129 Å². The van der Waals surface area contributed by atoms with E-state index in [0.717, 1.165) is 41.6 Å². The van der Waals surface area contributed by atoms with Crippen molar-refractivity contribution in [2.75, 3.05) is 13.7 Å². The number of nitrogens with zero attached hydrogens (tertiary/aromatic N) is 2. The molecular formula is C39H53BN4O5S. The van der Waals surface area contributed by atoms with E-state index >= 15 is 0 Å². The first-order valence-electron chi connectivity index (χ1n) is 18.6. The minimum absolute atomic E-state index is 0.0804. The molecule has 1 saturated carbocycles. The molecule has 2 aromatic heterocycles. The summed E-state index contributed by atoms with van der Waals surface area (Å²) in [6, 6.07) is 8.22. The lowest BCUT2D eigenvalue weighted by Crippen LogP contribution is -2.51. The first-order valence-corrected chi connectivity index (χ1v) is 19.4. The summed E-state index contributed by atoms with van der Waals surface area (Å²) >= 11 is 1.80. The fourth-order valence-electron chi connectivity index (χ4n) is 8.69. The predicted octanol–water partition coefficient (Wildman–Crippen LogP) is 7.54. The number of amides is 2. The van der Waals surface area contributed by atoms with E-state index in [-0.39, 0.29) is 41.6 Å². The number of benzene rings is 1. The number of rotatable bonds is 7. The van der Waals surface area contributed by atoms with Crippen molar-refractivity contribution < 1.29 is 23.6 Å². The predicted molar refractivity (Wildman–Crippen MR) is 199 cm³/mol. The highest BCUT2D eigenvalue weighted by Crippen LogP contribution is 2.54. The number of hydrogen-bond donors (Lipinski definition) is 2. The van der Waals surface area contributed by atoms with E-state index in [4.69, 9.17) is 19.0 Å². The van der Waals surface area contributed by atoms with Crippen LogP contribution in [-0.4, -0.2) is 64.9 Å². The minimum Gasteiger partial charge on any atom is -0.453 e. The Morgan fingerprint density at radius 3 is 2.42 bits per heavy atom. The summed E-state index contributed by atoms with van der Waals surface area (Å²) in [4.78, 5) is 38.3. The van der Waals surface area contributed by atoms with Crippen LogP contribution >= 0.6 is 11.3 Å². The summed E-state index contributed by atoms with van der Waals surface area (Å²) in [6.45, 7) is 15.4. The molecule has 2 saturated heterocycles. The average Bonchev–Trinajstić information content (AvgIpc) is 3.91. The molecule has 2 aliphatic carbocycles. The third-order valence-electron chi connectivity index (χ3n) is 12.4. The van der Waals surface area contributed by atoms with Gasteiger partial charge in [0.1, 0.15) is 11.9 Å². The van der Waals surface area contributed by atoms with Crippen LogP contribution < -0.4 is 10.8 Å². The van der Waals surface area contributed by atoms with Gasteiger partial charge in [-0.3, -0.25) is 4.79 Å². The molecule has 4 heterocycles. The van der Waals surface area contributed by atoms with E-state index in [1.54, 1.807) is 11.3 Å². The maximum absolute atomic E-state index is 13.7. The maximum atomic E-state index is 13.7. The number of aromatic amines is 1. The largest absolute Gasteiger partial charge is 0.495 e. The lowest BCUT2D eigenvalue weighted by atomic mass is 9.65. The Morgan fingerprint density at radius 1 is 1.04 bits per heavy atom. The molecule has 268 valence electrons. The van der Waals surface area contributed by atoms with E-state index in [1.165, 1.54) is 66.2 Å². The molecule has 3 aromatic rings. The van der Waals surface area contributed by atoms with Gasteiger partial charge in [0.15, 0.2) is 0 Å². The third kappa shape index (κ3) is 6.11. The van der Waals surface area contributed by atoms with Gasteiger partial charge in [-0.15, -0.1) is 11.3 Å². The molecule has 9 nitrogen and oxygen atoms in total. The van der Waals surface area contributed by atoms with Gasteiger partial charge in [-0.2, -0.15) is 0 Å². The van der Waals surface area contributed by atoms with E-state index in [1.807, 2.05) is 24.9 Å². The zero-order valence-corrected chi connectivity index (χ0v) is 31.8. The second-order valence-corrected chi connectivity index (χ2v) is 17.6. The topological polar surface area (TPSA) is 106 Å². The summed E-state index contributed by atoms with van der Waals surface area (Å²) in [7, 11) is 0.950. The monoisotopic (exact) mass is 700 g/mol. The highest BCUT2D eigenvalue weighted by atomic mass is 32.1. The number of carbonyl (C=O) groups is 2. The fraction of sp³-hybridized carbons (Fsp3) is 0.615. The molecule has 4 aliphatic rings. The Hall–Kier alpha value is -3.15. The number of ether oxygens (including phenoxy) is 1. The van der Waals surface area contributed by atoms with Gasteiger partial charge >= 0.3 is 13.2 Å². The molecule has 0 bridgehead atoms. The average molecular weight is 701 g/mol. The summed E-state index contributed by atoms with van der Waals surface area (Å²) in [5.74, 6) is 1.37. The highest BCUT2D eigenvalue weighted by Gasteiger charge is 2.54. The van der Waals surface area contributed by atoms with E-state index in [2.05, 4.69) is 69.2 Å². The van der Waals surface area contributed by atoms with Gasteiger partial charge in [-0.05, 0) is 131 Å². The molecule has 1 aromatic carbocycles. The van der Waals surface area contributed by atoms with Gasteiger partial charge in [-0.1, -0.05) is 32.9 Å². The number of alkyl carbamates (subject to hydrolysis) is 1. The Balaban J connectivity index is 1.18. The molecule has 2 N–H and O–H groups in total. The molecule has 2 amide bonds. The molecule has 1 spiro atoms. The van der Waals surface area contributed by atoms with Crippen LogP contribution in [0.25, 0.3) is 21.0 Å². The maximum Gasteiger partial charge on any atom is 0.495 e. The first kappa shape index (κ1) is 35.3. The van der Waals surface area contributed by atoms with Crippen LogP contribution in [-0.2, 0) is 30.7 Å². The summed E-state index contributed by atoms with van der Waals surface area (Å²) in [5.41, 5.74) is 5.87. The van der Waals surface area contributed by atoms with Gasteiger partial charge in [0.25, 0.3) is 0 Å². The molecule has 2 aliphatic heterocycles. The summed E-state index contributed by atoms with van der Waals surface area (Å²) < 4.78 is 18.0. The van der Waals surface area contributed by atoms with E-state index in [9.17, 15) is 9.59 Å². The zero-order chi connectivity index (χ0) is 35.6. The Morgan fingerprint density at radius 2 is 1.74 bits per heavy atom. The number of fused-ring (bicyclic) bond motifs is 2. The van der Waals surface area contributed by atoms with E-state index in [0.29, 0.717) is 6.54 Å². The van der Waals surface area contributed by atoms with Crippen LogP contribution in [0.4, 0.5) is 4.79 Å². The second-order valence-electron chi connectivity index (χ2n) is 16.5. The molecule has 7 rings (SSSR count). The number of aromatic nitrogens is 2. The molecule has 3 fully saturated rings. The van der Waals surface area contributed by atoms with Crippen molar-refractivity contribution in [1.82, 2.24) is 20.2 Å². The highest BCUT2D eigenvalue weighted by molar-refractivity contribution is 7.18. The van der Waals surface area contributed by atoms with Crippen LogP contribution in [0.1, 0.15) is 116 Å². The number of nitrogens with one attached hydrogen (secondary N) is 2. The number of thiophene rings is 1. The summed E-state index contributed by atoms with van der Waals surface area (Å²) in [5, 5.41) is 2.74. The van der Waals surface area contributed by atoms with Gasteiger partial charge < -0.3 is 29.2 Å². The molecule has 0 radical (unpaired) electrons. The molecule has 50 heavy (non-hydrogen) atoms. The van der Waals surface area contributed by atoms with Crippen molar-refractivity contribution in [3.8, 4) is 21.0 Å². The van der Waals surface area contributed by atoms with Crippen LogP contribution in [0.2, 0.25) is 0 Å². The van der Waals surface area contributed by atoms with Gasteiger partial charge in [0.05, 0.1) is 41.1 Å².